The molecule has 0 bridgehead atoms. The van der Waals surface area contributed by atoms with Crippen LogP contribution in [0.15, 0.2) is 42.5 Å². The number of anilines is 2. The van der Waals surface area contributed by atoms with Gasteiger partial charge in [0.25, 0.3) is 0 Å². The number of alkyl halides is 3. The summed E-state index contributed by atoms with van der Waals surface area (Å²) in [6, 6.07) is 10.5. The number of rotatable bonds is 7. The van der Waals surface area contributed by atoms with Crippen molar-refractivity contribution in [3.05, 3.63) is 42.5 Å². The number of para-hydroxylation sites is 2. The number of nitrogens with zero attached hydrogens (tertiary/aromatic N) is 3. The van der Waals surface area contributed by atoms with E-state index in [9.17, 15) is 18.0 Å². The Balaban J connectivity index is 1.59. The molecule has 0 unspecified atom stereocenters. The number of aromatic nitrogens is 1. The third kappa shape index (κ3) is 6.07. The van der Waals surface area contributed by atoms with Gasteiger partial charge in [0.15, 0.2) is 5.13 Å². The molecule has 8 nitrogen and oxygen atoms in total. The molecule has 0 saturated carbocycles. The highest BCUT2D eigenvalue weighted by molar-refractivity contribution is 7.22. The zero-order valence-electron chi connectivity index (χ0n) is 18.3. The summed E-state index contributed by atoms with van der Waals surface area (Å²) >= 11 is 1.11. The molecule has 0 atom stereocenters. The number of carbonyl (C=O) groups is 1. The fourth-order valence-corrected chi connectivity index (χ4v) is 4.50. The van der Waals surface area contributed by atoms with Crippen molar-refractivity contribution >= 4 is 38.4 Å². The van der Waals surface area contributed by atoms with Crippen LogP contribution in [0, 0.1) is 0 Å². The van der Waals surface area contributed by atoms with Crippen molar-refractivity contribution in [2.45, 2.75) is 6.36 Å². The Hall–Kier alpha value is -3.09. The van der Waals surface area contributed by atoms with E-state index < -0.39 is 12.4 Å². The van der Waals surface area contributed by atoms with Gasteiger partial charge in [-0.05, 0) is 24.3 Å². The molecule has 1 aliphatic rings. The highest BCUT2D eigenvalue weighted by atomic mass is 32.1. The summed E-state index contributed by atoms with van der Waals surface area (Å²) in [5.41, 5.74) is 0.962. The van der Waals surface area contributed by atoms with Gasteiger partial charge < -0.3 is 19.5 Å². The van der Waals surface area contributed by atoms with Gasteiger partial charge in [-0.25, -0.2) is 9.78 Å². The second-order valence-corrected chi connectivity index (χ2v) is 8.42. The lowest BCUT2D eigenvalue weighted by atomic mass is 10.3. The van der Waals surface area contributed by atoms with Gasteiger partial charge in [-0.15, -0.1) is 13.2 Å². The van der Waals surface area contributed by atoms with E-state index in [4.69, 9.17) is 9.47 Å². The van der Waals surface area contributed by atoms with Gasteiger partial charge in [0.05, 0.1) is 36.2 Å². The number of halogens is 3. The molecule has 1 N–H and O–H groups in total. The third-order valence-corrected chi connectivity index (χ3v) is 6.19. The molecular formula is C22H23F3N4O4S. The summed E-state index contributed by atoms with van der Waals surface area (Å²) in [6.07, 6.45) is -4.79. The predicted molar refractivity (Wildman–Crippen MR) is 123 cm³/mol. The second-order valence-electron chi connectivity index (χ2n) is 7.41. The number of urea groups is 1. The number of fused-ring (bicyclic) bond motifs is 1. The molecule has 34 heavy (non-hydrogen) atoms. The number of thiazole rings is 1. The number of hydrogen-bond acceptors (Lipinski definition) is 7. The van der Waals surface area contributed by atoms with E-state index in [2.05, 4.69) is 19.9 Å². The molecule has 0 radical (unpaired) electrons. The number of benzene rings is 2. The quantitative estimate of drug-likeness (QED) is 0.516. The van der Waals surface area contributed by atoms with E-state index in [1.807, 2.05) is 0 Å². The molecular weight excluding hydrogens is 473 g/mol. The first-order valence-electron chi connectivity index (χ1n) is 10.5. The SMILES string of the molecule is COc1ccccc1NC(=O)N(CCN1CCOCC1)c1nc2ccc(OC(F)(F)F)cc2s1. The number of carbonyl (C=O) groups excluding carboxylic acids is 1. The first-order chi connectivity index (χ1) is 16.3. The molecule has 182 valence electrons. The number of nitrogens with one attached hydrogen (secondary N) is 1. The number of morpholine rings is 1. The van der Waals surface area contributed by atoms with Crippen LogP contribution in [0.25, 0.3) is 10.2 Å². The molecule has 4 rings (SSSR count). The summed E-state index contributed by atoms with van der Waals surface area (Å²) in [6.45, 7) is 3.65. The van der Waals surface area contributed by atoms with E-state index in [0.717, 1.165) is 24.4 Å². The van der Waals surface area contributed by atoms with Crippen LogP contribution < -0.4 is 19.7 Å². The van der Waals surface area contributed by atoms with Gasteiger partial charge in [-0.2, -0.15) is 0 Å². The fraction of sp³-hybridized carbons (Fsp3) is 0.364. The maximum atomic E-state index is 13.3. The topological polar surface area (TPSA) is 76.2 Å². The van der Waals surface area contributed by atoms with Crippen LogP contribution in [0.4, 0.5) is 28.8 Å². The fourth-order valence-electron chi connectivity index (χ4n) is 3.49. The van der Waals surface area contributed by atoms with Crippen molar-refractivity contribution in [3.63, 3.8) is 0 Å². The van der Waals surface area contributed by atoms with Crippen LogP contribution in [0.2, 0.25) is 0 Å². The smallest absolute Gasteiger partial charge is 0.495 e. The maximum absolute atomic E-state index is 13.3. The second kappa shape index (κ2) is 10.5. The predicted octanol–water partition coefficient (Wildman–Crippen LogP) is 4.57. The van der Waals surface area contributed by atoms with Crippen LogP contribution in [-0.2, 0) is 4.74 Å². The minimum Gasteiger partial charge on any atom is -0.495 e. The van der Waals surface area contributed by atoms with Crippen molar-refractivity contribution in [1.82, 2.24) is 9.88 Å². The lowest BCUT2D eigenvalue weighted by molar-refractivity contribution is -0.274. The van der Waals surface area contributed by atoms with Crippen LogP contribution >= 0.6 is 11.3 Å². The Bertz CT molecular complexity index is 1130. The van der Waals surface area contributed by atoms with Crippen LogP contribution in [0.1, 0.15) is 0 Å². The highest BCUT2D eigenvalue weighted by Gasteiger charge is 2.31. The number of amides is 2. The monoisotopic (exact) mass is 496 g/mol. The molecule has 2 amide bonds. The maximum Gasteiger partial charge on any atom is 0.573 e. The van der Waals surface area contributed by atoms with Crippen molar-refractivity contribution in [2.75, 3.05) is 56.7 Å². The number of ether oxygens (including phenoxy) is 3. The van der Waals surface area contributed by atoms with Gasteiger partial charge in [0, 0.05) is 32.2 Å². The summed E-state index contributed by atoms with van der Waals surface area (Å²) in [5.74, 6) is 0.163. The molecule has 1 saturated heterocycles. The van der Waals surface area contributed by atoms with Crippen LogP contribution in [0.3, 0.4) is 0 Å². The van der Waals surface area contributed by atoms with Gasteiger partial charge in [-0.3, -0.25) is 9.80 Å². The third-order valence-electron chi connectivity index (χ3n) is 5.15. The van der Waals surface area contributed by atoms with Crippen molar-refractivity contribution in [1.29, 1.82) is 0 Å². The molecule has 3 aromatic rings. The van der Waals surface area contributed by atoms with Crippen molar-refractivity contribution in [3.8, 4) is 11.5 Å². The normalized spacial score (nSPS) is 14.7. The Morgan fingerprint density at radius 3 is 2.74 bits per heavy atom. The van der Waals surface area contributed by atoms with Crippen LogP contribution in [-0.4, -0.2) is 68.8 Å². The summed E-state index contributed by atoms with van der Waals surface area (Å²) in [7, 11) is 1.51. The lowest BCUT2D eigenvalue weighted by Crippen LogP contribution is -2.44. The Morgan fingerprint density at radius 1 is 1.24 bits per heavy atom. The first-order valence-corrected chi connectivity index (χ1v) is 11.3. The molecule has 1 aromatic heterocycles. The number of hydrogen-bond donors (Lipinski definition) is 1. The Morgan fingerprint density at radius 2 is 2.00 bits per heavy atom. The van der Waals surface area contributed by atoms with E-state index >= 15 is 0 Å². The van der Waals surface area contributed by atoms with Crippen LogP contribution in [0.5, 0.6) is 11.5 Å². The summed E-state index contributed by atoms with van der Waals surface area (Å²) in [4.78, 5) is 21.4. The molecule has 2 heterocycles. The average Bonchev–Trinajstić information content (AvgIpc) is 3.22. The zero-order valence-corrected chi connectivity index (χ0v) is 19.1. The van der Waals surface area contributed by atoms with Crippen molar-refractivity contribution < 1.29 is 32.2 Å². The zero-order chi connectivity index (χ0) is 24.1. The first kappa shape index (κ1) is 24.0. The van der Waals surface area contributed by atoms with Gasteiger partial charge >= 0.3 is 12.4 Å². The molecule has 0 spiro atoms. The number of methoxy groups -OCH3 is 1. The minimum atomic E-state index is -4.79. The molecule has 12 heteroatoms. The minimum absolute atomic E-state index is 0.326. The molecule has 1 fully saturated rings. The van der Waals surface area contributed by atoms with E-state index in [1.54, 1.807) is 24.3 Å². The summed E-state index contributed by atoms with van der Waals surface area (Å²) < 4.78 is 53.0. The largest absolute Gasteiger partial charge is 0.573 e. The van der Waals surface area contributed by atoms with E-state index in [0.29, 0.717) is 53.1 Å². The highest BCUT2D eigenvalue weighted by Crippen LogP contribution is 2.34. The molecule has 2 aromatic carbocycles. The molecule has 1 aliphatic heterocycles. The van der Waals surface area contributed by atoms with E-state index in [1.165, 1.54) is 30.2 Å². The Kier molecular flexibility index (Phi) is 7.39. The van der Waals surface area contributed by atoms with E-state index in [-0.39, 0.29) is 5.75 Å². The van der Waals surface area contributed by atoms with Gasteiger partial charge in [0.2, 0.25) is 0 Å². The Labute approximate surface area is 197 Å². The standard InChI is InChI=1S/C22H23F3N4O4S/c1-31-18-5-3-2-4-16(18)26-20(30)29(9-8-28-10-12-32-13-11-28)21-27-17-7-6-15(14-19(17)34-21)33-22(23,24)25/h2-7,14H,8-13H2,1H3,(H,26,30). The van der Waals surface area contributed by atoms with Gasteiger partial charge in [-0.1, -0.05) is 23.5 Å². The lowest BCUT2D eigenvalue weighted by Gasteiger charge is -2.29. The summed E-state index contributed by atoms with van der Waals surface area (Å²) in [5, 5.41) is 3.21. The van der Waals surface area contributed by atoms with Crippen molar-refractivity contribution in [2.24, 2.45) is 0 Å². The average molecular weight is 497 g/mol. The van der Waals surface area contributed by atoms with Gasteiger partial charge in [0.1, 0.15) is 11.5 Å². The molecule has 0 aliphatic carbocycles.